The molecule has 1 aliphatic rings. The topological polar surface area (TPSA) is 38.3 Å². The van der Waals surface area contributed by atoms with Crippen LogP contribution in [0.5, 0.6) is 0 Å². The van der Waals surface area contributed by atoms with Crippen LogP contribution >= 0.6 is 0 Å². The van der Waals surface area contributed by atoms with Crippen LogP contribution in [0.15, 0.2) is 0 Å². The van der Waals surface area contributed by atoms with Gasteiger partial charge in [-0.2, -0.15) is 0 Å². The molecular formula is C17H33NO2. The van der Waals surface area contributed by atoms with E-state index in [0.717, 1.165) is 45.2 Å². The third kappa shape index (κ3) is 5.08. The van der Waals surface area contributed by atoms with Gasteiger partial charge in [-0.1, -0.05) is 46.5 Å². The Kier molecular flexibility index (Phi) is 8.20. The number of piperidine rings is 1. The first-order valence-electron chi connectivity index (χ1n) is 8.56. The minimum absolute atomic E-state index is 0.0656. The van der Waals surface area contributed by atoms with Crippen molar-refractivity contribution >= 4 is 5.97 Å². The van der Waals surface area contributed by atoms with Gasteiger partial charge < -0.3 is 10.1 Å². The maximum Gasteiger partial charge on any atom is 0.312 e. The molecule has 0 saturated carbocycles. The van der Waals surface area contributed by atoms with Crippen molar-refractivity contribution in [1.82, 2.24) is 5.32 Å². The smallest absolute Gasteiger partial charge is 0.312 e. The van der Waals surface area contributed by atoms with Gasteiger partial charge in [0.1, 0.15) is 0 Å². The Morgan fingerprint density at radius 3 is 2.45 bits per heavy atom. The minimum atomic E-state index is -0.205. The number of ether oxygens (including phenoxy) is 1. The van der Waals surface area contributed by atoms with Crippen LogP contribution in [-0.2, 0) is 9.53 Å². The molecule has 3 heteroatoms. The van der Waals surface area contributed by atoms with E-state index in [4.69, 9.17) is 4.74 Å². The summed E-state index contributed by atoms with van der Waals surface area (Å²) in [6, 6.07) is 0. The van der Waals surface area contributed by atoms with Gasteiger partial charge in [0.2, 0.25) is 0 Å². The second-order valence-corrected chi connectivity index (χ2v) is 6.30. The monoisotopic (exact) mass is 283 g/mol. The molecule has 20 heavy (non-hydrogen) atoms. The summed E-state index contributed by atoms with van der Waals surface area (Å²) < 4.78 is 5.72. The van der Waals surface area contributed by atoms with Gasteiger partial charge in [-0.15, -0.1) is 0 Å². The molecule has 1 N–H and O–H groups in total. The van der Waals surface area contributed by atoms with Gasteiger partial charge >= 0.3 is 5.97 Å². The second-order valence-electron chi connectivity index (χ2n) is 6.30. The first-order chi connectivity index (χ1) is 9.68. The van der Waals surface area contributed by atoms with Crippen molar-refractivity contribution in [2.24, 2.45) is 11.3 Å². The molecule has 0 aromatic heterocycles. The van der Waals surface area contributed by atoms with E-state index in [1.807, 2.05) is 0 Å². The van der Waals surface area contributed by atoms with E-state index in [-0.39, 0.29) is 11.4 Å². The summed E-state index contributed by atoms with van der Waals surface area (Å²) in [7, 11) is 0. The van der Waals surface area contributed by atoms with Crippen LogP contribution in [0.1, 0.15) is 72.1 Å². The first kappa shape index (κ1) is 17.5. The number of carbonyl (C=O) groups excluding carboxylic acids is 1. The normalized spacial score (nSPS) is 19.6. The van der Waals surface area contributed by atoms with Crippen molar-refractivity contribution in [2.45, 2.75) is 72.1 Å². The van der Waals surface area contributed by atoms with Crippen molar-refractivity contribution in [1.29, 1.82) is 0 Å². The molecule has 0 radical (unpaired) electrons. The average molecular weight is 283 g/mol. The summed E-state index contributed by atoms with van der Waals surface area (Å²) in [4.78, 5) is 12.6. The largest absolute Gasteiger partial charge is 0.465 e. The van der Waals surface area contributed by atoms with Gasteiger partial charge in [0, 0.05) is 0 Å². The van der Waals surface area contributed by atoms with Crippen molar-refractivity contribution in [3.63, 3.8) is 0 Å². The first-order valence-corrected chi connectivity index (χ1v) is 8.56. The zero-order valence-corrected chi connectivity index (χ0v) is 13.7. The quantitative estimate of drug-likeness (QED) is 0.652. The van der Waals surface area contributed by atoms with E-state index < -0.39 is 0 Å². The van der Waals surface area contributed by atoms with Gasteiger partial charge in [0.25, 0.3) is 0 Å². The number of esters is 1. The molecule has 3 nitrogen and oxygen atoms in total. The number of hydrogen-bond donors (Lipinski definition) is 1. The van der Waals surface area contributed by atoms with E-state index in [0.29, 0.717) is 12.5 Å². The highest BCUT2D eigenvalue weighted by Crippen LogP contribution is 2.35. The van der Waals surface area contributed by atoms with Crippen LogP contribution in [0, 0.1) is 11.3 Å². The Labute approximate surface area is 124 Å². The number of hydrogen-bond acceptors (Lipinski definition) is 3. The van der Waals surface area contributed by atoms with Gasteiger partial charge in [0.05, 0.1) is 12.0 Å². The zero-order chi connectivity index (χ0) is 14.8. The molecule has 0 bridgehead atoms. The summed E-state index contributed by atoms with van der Waals surface area (Å²) in [5.41, 5.74) is -0.205. The zero-order valence-electron chi connectivity index (χ0n) is 13.7. The van der Waals surface area contributed by atoms with Crippen molar-refractivity contribution in [3.05, 3.63) is 0 Å². The lowest BCUT2D eigenvalue weighted by Gasteiger charge is -2.35. The van der Waals surface area contributed by atoms with Crippen molar-refractivity contribution < 1.29 is 9.53 Å². The van der Waals surface area contributed by atoms with Crippen LogP contribution in [0.4, 0.5) is 0 Å². The third-order valence-corrected chi connectivity index (χ3v) is 4.72. The lowest BCUT2D eigenvalue weighted by atomic mass is 9.75. The van der Waals surface area contributed by atoms with E-state index in [1.165, 1.54) is 19.3 Å². The maximum absolute atomic E-state index is 12.6. The highest BCUT2D eigenvalue weighted by Gasteiger charge is 2.40. The molecule has 0 aliphatic carbocycles. The van der Waals surface area contributed by atoms with Crippen molar-refractivity contribution in [3.8, 4) is 0 Å². The van der Waals surface area contributed by atoms with Crippen LogP contribution in [-0.4, -0.2) is 25.7 Å². The Hall–Kier alpha value is -0.570. The molecule has 1 heterocycles. The van der Waals surface area contributed by atoms with Gasteiger partial charge in [-0.3, -0.25) is 4.79 Å². The lowest BCUT2D eigenvalue weighted by Crippen LogP contribution is -2.43. The van der Waals surface area contributed by atoms with Gasteiger partial charge in [-0.25, -0.2) is 0 Å². The highest BCUT2D eigenvalue weighted by molar-refractivity contribution is 5.77. The molecule has 0 aromatic carbocycles. The molecule has 0 amide bonds. The molecule has 0 aromatic rings. The summed E-state index contributed by atoms with van der Waals surface area (Å²) in [6.07, 6.45) is 8.65. The molecule has 1 rings (SSSR count). The molecule has 1 unspecified atom stereocenters. The Balaban J connectivity index is 2.48. The lowest BCUT2D eigenvalue weighted by molar-refractivity contribution is -0.160. The van der Waals surface area contributed by atoms with Crippen LogP contribution in [0.25, 0.3) is 0 Å². The van der Waals surface area contributed by atoms with Gasteiger partial charge in [0.15, 0.2) is 0 Å². The molecule has 0 spiro atoms. The van der Waals surface area contributed by atoms with E-state index in [9.17, 15) is 4.79 Å². The average Bonchev–Trinajstić information content (AvgIpc) is 2.48. The SMILES string of the molecule is CCCCC(CC)COC(=O)C1(CCC)CCNCC1. The Bertz CT molecular complexity index is 267. The Morgan fingerprint density at radius 1 is 1.20 bits per heavy atom. The second kappa shape index (κ2) is 9.38. The predicted molar refractivity (Wildman–Crippen MR) is 83.7 cm³/mol. The summed E-state index contributed by atoms with van der Waals surface area (Å²) in [5, 5.41) is 3.35. The van der Waals surface area contributed by atoms with Crippen molar-refractivity contribution in [2.75, 3.05) is 19.7 Å². The van der Waals surface area contributed by atoms with E-state index >= 15 is 0 Å². The number of nitrogens with one attached hydrogen (secondary N) is 1. The number of rotatable bonds is 9. The molecule has 1 atom stereocenters. The molecular weight excluding hydrogens is 250 g/mol. The van der Waals surface area contributed by atoms with Gasteiger partial charge in [-0.05, 0) is 44.7 Å². The predicted octanol–water partition coefficient (Wildman–Crippen LogP) is 3.92. The summed E-state index contributed by atoms with van der Waals surface area (Å²) in [6.45, 7) is 9.08. The summed E-state index contributed by atoms with van der Waals surface area (Å²) in [5.74, 6) is 0.607. The van der Waals surface area contributed by atoms with Crippen LogP contribution < -0.4 is 5.32 Å². The van der Waals surface area contributed by atoms with E-state index in [1.54, 1.807) is 0 Å². The molecule has 118 valence electrons. The fourth-order valence-electron chi connectivity index (χ4n) is 3.18. The molecule has 1 aliphatic heterocycles. The minimum Gasteiger partial charge on any atom is -0.465 e. The maximum atomic E-state index is 12.6. The summed E-state index contributed by atoms with van der Waals surface area (Å²) >= 11 is 0. The Morgan fingerprint density at radius 2 is 1.90 bits per heavy atom. The fraction of sp³-hybridized carbons (Fsp3) is 0.941. The standard InChI is InChI=1S/C17H33NO2/c1-4-7-8-15(6-3)14-20-16(19)17(9-5-2)10-12-18-13-11-17/h15,18H,4-14H2,1-3H3. The van der Waals surface area contributed by atoms with Crippen LogP contribution in [0.2, 0.25) is 0 Å². The molecule has 1 saturated heterocycles. The number of carbonyl (C=O) groups is 1. The molecule has 1 fully saturated rings. The number of unbranched alkanes of at least 4 members (excludes halogenated alkanes) is 1. The third-order valence-electron chi connectivity index (χ3n) is 4.72. The van der Waals surface area contributed by atoms with Crippen LogP contribution in [0.3, 0.4) is 0 Å². The van der Waals surface area contributed by atoms with E-state index in [2.05, 4.69) is 26.1 Å². The highest BCUT2D eigenvalue weighted by atomic mass is 16.5. The fourth-order valence-corrected chi connectivity index (χ4v) is 3.18.